The topological polar surface area (TPSA) is 9.23 Å². The van der Waals surface area contributed by atoms with E-state index in [0.717, 1.165) is 17.7 Å². The molecular weight excluding hydrogens is 251 g/mol. The third-order valence-corrected chi connectivity index (χ3v) is 3.78. The van der Waals surface area contributed by atoms with Gasteiger partial charge in [-0.25, -0.2) is 4.39 Å². The van der Waals surface area contributed by atoms with Crippen molar-refractivity contribution in [3.8, 4) is 0 Å². The summed E-state index contributed by atoms with van der Waals surface area (Å²) in [4.78, 5) is 0. The Morgan fingerprint density at radius 3 is 2.50 bits per heavy atom. The van der Waals surface area contributed by atoms with Crippen LogP contribution in [0.15, 0.2) is 48.5 Å². The molecule has 0 bridgehead atoms. The van der Waals surface area contributed by atoms with Crippen molar-refractivity contribution in [2.45, 2.75) is 25.9 Å². The molecule has 0 N–H and O–H groups in total. The van der Waals surface area contributed by atoms with Crippen LogP contribution in [0.2, 0.25) is 0 Å². The number of aryl methyl sites for hydroxylation is 1. The monoisotopic (exact) mass is 270 g/mol. The van der Waals surface area contributed by atoms with Crippen LogP contribution in [0.25, 0.3) is 0 Å². The normalized spacial score (nSPS) is 16.1. The molecule has 2 heteroatoms. The number of halogens is 1. The Kier molecular flexibility index (Phi) is 3.83. The van der Waals surface area contributed by atoms with E-state index >= 15 is 0 Å². The zero-order valence-corrected chi connectivity index (χ0v) is 11.7. The molecule has 0 heterocycles. The molecular formula is C18H19FO. The molecule has 0 radical (unpaired) electrons. The maximum atomic E-state index is 13.4. The molecule has 1 aliphatic carbocycles. The van der Waals surface area contributed by atoms with Gasteiger partial charge in [-0.2, -0.15) is 0 Å². The average molecular weight is 270 g/mol. The second-order valence-corrected chi connectivity index (χ2v) is 5.58. The lowest BCUT2D eigenvalue weighted by Crippen LogP contribution is -2.09. The van der Waals surface area contributed by atoms with Crippen molar-refractivity contribution in [3.63, 3.8) is 0 Å². The summed E-state index contributed by atoms with van der Waals surface area (Å²) < 4.78 is 19.6. The second kappa shape index (κ2) is 5.76. The van der Waals surface area contributed by atoms with E-state index in [1.165, 1.54) is 18.9 Å². The summed E-state index contributed by atoms with van der Waals surface area (Å²) in [5.74, 6) is 0.547. The van der Waals surface area contributed by atoms with Crippen LogP contribution in [0.1, 0.15) is 35.6 Å². The van der Waals surface area contributed by atoms with Crippen LogP contribution in [-0.4, -0.2) is 6.61 Å². The lowest BCUT2D eigenvalue weighted by atomic mass is 9.99. The fraction of sp³-hybridized carbons (Fsp3) is 0.333. The molecule has 1 atom stereocenters. The molecule has 0 aromatic heterocycles. The van der Waals surface area contributed by atoms with Crippen LogP contribution >= 0.6 is 0 Å². The predicted molar refractivity (Wildman–Crippen MR) is 78.1 cm³/mol. The van der Waals surface area contributed by atoms with Crippen LogP contribution in [0, 0.1) is 18.7 Å². The van der Waals surface area contributed by atoms with E-state index < -0.39 is 0 Å². The zero-order valence-electron chi connectivity index (χ0n) is 11.7. The molecule has 0 spiro atoms. The van der Waals surface area contributed by atoms with E-state index in [1.807, 2.05) is 30.3 Å². The van der Waals surface area contributed by atoms with Gasteiger partial charge < -0.3 is 4.74 Å². The molecule has 1 fully saturated rings. The molecule has 2 aromatic rings. The molecule has 1 aliphatic rings. The van der Waals surface area contributed by atoms with E-state index in [9.17, 15) is 4.39 Å². The van der Waals surface area contributed by atoms with Crippen LogP contribution < -0.4 is 0 Å². The molecule has 20 heavy (non-hydrogen) atoms. The van der Waals surface area contributed by atoms with Gasteiger partial charge in [-0.1, -0.05) is 42.5 Å². The summed E-state index contributed by atoms with van der Waals surface area (Å²) in [5, 5.41) is 0. The van der Waals surface area contributed by atoms with E-state index in [4.69, 9.17) is 4.74 Å². The highest BCUT2D eigenvalue weighted by molar-refractivity contribution is 5.33. The summed E-state index contributed by atoms with van der Waals surface area (Å²) in [6.45, 7) is 2.58. The van der Waals surface area contributed by atoms with Gasteiger partial charge in [0, 0.05) is 0 Å². The van der Waals surface area contributed by atoms with Gasteiger partial charge in [0.1, 0.15) is 11.9 Å². The summed E-state index contributed by atoms with van der Waals surface area (Å²) in [6.07, 6.45) is 2.43. The Balaban J connectivity index is 1.88. The number of benzene rings is 2. The van der Waals surface area contributed by atoms with Crippen LogP contribution in [0.4, 0.5) is 4.39 Å². The molecule has 0 amide bonds. The first-order valence-electron chi connectivity index (χ1n) is 7.16. The molecule has 1 unspecified atom stereocenters. The van der Waals surface area contributed by atoms with Crippen LogP contribution in [0.3, 0.4) is 0 Å². The van der Waals surface area contributed by atoms with E-state index in [-0.39, 0.29) is 11.9 Å². The molecule has 3 rings (SSSR count). The Labute approximate surface area is 119 Å². The van der Waals surface area contributed by atoms with Crippen molar-refractivity contribution in [3.05, 3.63) is 71.0 Å². The maximum absolute atomic E-state index is 13.4. The first-order valence-corrected chi connectivity index (χ1v) is 7.16. The summed E-state index contributed by atoms with van der Waals surface area (Å²) in [5.41, 5.74) is 2.81. The molecule has 1 nitrogen and oxygen atoms in total. The van der Waals surface area contributed by atoms with Gasteiger partial charge in [-0.15, -0.1) is 0 Å². The summed E-state index contributed by atoms with van der Waals surface area (Å²) >= 11 is 0. The van der Waals surface area contributed by atoms with Crippen LogP contribution in [-0.2, 0) is 4.74 Å². The minimum absolute atomic E-state index is 0.101. The lowest BCUT2D eigenvalue weighted by Gasteiger charge is -2.19. The largest absolute Gasteiger partial charge is 0.369 e. The SMILES string of the molecule is Cc1cc(C(OCC2CC2)c2ccccc2)ccc1F. The zero-order chi connectivity index (χ0) is 13.9. The highest BCUT2D eigenvalue weighted by Gasteiger charge is 2.24. The van der Waals surface area contributed by atoms with E-state index in [0.29, 0.717) is 11.5 Å². The van der Waals surface area contributed by atoms with E-state index in [2.05, 4.69) is 12.1 Å². The van der Waals surface area contributed by atoms with Crippen molar-refractivity contribution in [2.75, 3.05) is 6.61 Å². The molecule has 0 saturated heterocycles. The molecule has 0 aliphatic heterocycles. The van der Waals surface area contributed by atoms with Crippen molar-refractivity contribution < 1.29 is 9.13 Å². The molecule has 104 valence electrons. The summed E-state index contributed by atoms with van der Waals surface area (Å²) in [6, 6.07) is 15.4. The highest BCUT2D eigenvalue weighted by atomic mass is 19.1. The molecule has 1 saturated carbocycles. The minimum Gasteiger partial charge on any atom is -0.369 e. The van der Waals surface area contributed by atoms with Gasteiger partial charge in [0.15, 0.2) is 0 Å². The van der Waals surface area contributed by atoms with Gasteiger partial charge in [0.05, 0.1) is 6.61 Å². The second-order valence-electron chi connectivity index (χ2n) is 5.58. The predicted octanol–water partition coefficient (Wildman–Crippen LogP) is 4.65. The number of rotatable bonds is 5. The number of ether oxygens (including phenoxy) is 1. The number of hydrogen-bond donors (Lipinski definition) is 0. The quantitative estimate of drug-likeness (QED) is 0.768. The van der Waals surface area contributed by atoms with Crippen molar-refractivity contribution in [1.29, 1.82) is 0 Å². The van der Waals surface area contributed by atoms with Crippen molar-refractivity contribution in [2.24, 2.45) is 5.92 Å². The first-order chi connectivity index (χ1) is 9.74. The lowest BCUT2D eigenvalue weighted by molar-refractivity contribution is 0.0717. The van der Waals surface area contributed by atoms with Gasteiger partial charge >= 0.3 is 0 Å². The third-order valence-electron chi connectivity index (χ3n) is 3.78. The van der Waals surface area contributed by atoms with Crippen molar-refractivity contribution >= 4 is 0 Å². The highest BCUT2D eigenvalue weighted by Crippen LogP contribution is 2.33. The average Bonchev–Trinajstić information content (AvgIpc) is 3.28. The van der Waals surface area contributed by atoms with Gasteiger partial charge in [-0.3, -0.25) is 0 Å². The minimum atomic E-state index is -0.164. The third kappa shape index (κ3) is 3.07. The van der Waals surface area contributed by atoms with Gasteiger partial charge in [0.25, 0.3) is 0 Å². The Bertz CT molecular complexity index is 575. The van der Waals surface area contributed by atoms with Gasteiger partial charge in [-0.05, 0) is 48.4 Å². The van der Waals surface area contributed by atoms with Gasteiger partial charge in [0.2, 0.25) is 0 Å². The summed E-state index contributed by atoms with van der Waals surface area (Å²) in [7, 11) is 0. The number of hydrogen-bond acceptors (Lipinski definition) is 1. The standard InChI is InChI=1S/C18H19FO/c1-13-11-16(9-10-17(13)19)18(20-12-14-7-8-14)15-5-3-2-4-6-15/h2-6,9-11,14,18H,7-8,12H2,1H3. The Morgan fingerprint density at radius 1 is 1.10 bits per heavy atom. The maximum Gasteiger partial charge on any atom is 0.126 e. The fourth-order valence-corrected chi connectivity index (χ4v) is 2.36. The molecule has 2 aromatic carbocycles. The first kappa shape index (κ1) is 13.3. The Hall–Kier alpha value is -1.67. The smallest absolute Gasteiger partial charge is 0.126 e. The van der Waals surface area contributed by atoms with Crippen LogP contribution in [0.5, 0.6) is 0 Å². The van der Waals surface area contributed by atoms with Crippen molar-refractivity contribution in [1.82, 2.24) is 0 Å². The fourth-order valence-electron chi connectivity index (χ4n) is 2.36. The Morgan fingerprint density at radius 2 is 1.85 bits per heavy atom. The van der Waals surface area contributed by atoms with E-state index in [1.54, 1.807) is 6.92 Å².